The van der Waals surface area contributed by atoms with Crippen molar-refractivity contribution in [3.63, 3.8) is 0 Å². The summed E-state index contributed by atoms with van der Waals surface area (Å²) in [6.07, 6.45) is -1.97. The first kappa shape index (κ1) is 32.4. The lowest BCUT2D eigenvalue weighted by molar-refractivity contribution is -0.175. The molecule has 0 bridgehead atoms. The van der Waals surface area contributed by atoms with Crippen LogP contribution in [0.1, 0.15) is 38.7 Å². The molecule has 0 saturated carbocycles. The highest BCUT2D eigenvalue weighted by atomic mass is 16.6. The molecular weight excluding hydrogens is 526 g/mol. The first-order valence-corrected chi connectivity index (χ1v) is 11.3. The van der Waals surface area contributed by atoms with E-state index in [-0.39, 0.29) is 37.9 Å². The Balaban J connectivity index is 0.000000824. The summed E-state index contributed by atoms with van der Waals surface area (Å²) in [5.74, 6) is -9.72. The van der Waals surface area contributed by atoms with E-state index < -0.39 is 80.9 Å². The van der Waals surface area contributed by atoms with Gasteiger partial charge >= 0.3 is 11.9 Å². The highest BCUT2D eigenvalue weighted by Crippen LogP contribution is 2.57. The Morgan fingerprint density at radius 1 is 0.872 bits per heavy atom. The summed E-state index contributed by atoms with van der Waals surface area (Å²) >= 11 is 0. The largest absolute Gasteiger partial charge is 0.507 e. The minimum absolute atomic E-state index is 0.00691. The topological polar surface area (TPSA) is 289 Å². The van der Waals surface area contributed by atoms with Gasteiger partial charge in [-0.2, -0.15) is 0 Å². The third-order valence-electron chi connectivity index (χ3n) is 5.41. The van der Waals surface area contributed by atoms with Gasteiger partial charge in [-0.05, 0) is 44.4 Å². The fourth-order valence-corrected chi connectivity index (χ4v) is 3.22. The fourth-order valence-electron chi connectivity index (χ4n) is 3.22. The van der Waals surface area contributed by atoms with Crippen LogP contribution in [0, 0.1) is 0 Å². The molecular formula is C24H31NO14. The van der Waals surface area contributed by atoms with Gasteiger partial charge < -0.3 is 61.5 Å². The number of carboxylic acids is 1. The zero-order valence-corrected chi connectivity index (χ0v) is 21.0. The number of aryl methyl sites for hydroxylation is 1. The number of rotatable bonds is 10. The van der Waals surface area contributed by atoms with Crippen LogP contribution in [0.15, 0.2) is 12.1 Å². The number of ether oxygens (including phenoxy) is 1. The van der Waals surface area contributed by atoms with Crippen LogP contribution in [0.3, 0.4) is 0 Å². The summed E-state index contributed by atoms with van der Waals surface area (Å²) < 4.78 is 4.70. The third kappa shape index (κ3) is 7.93. The number of esters is 1. The van der Waals surface area contributed by atoms with E-state index in [0.717, 1.165) is 19.1 Å². The second-order valence-corrected chi connectivity index (χ2v) is 8.41. The number of phenols is 7. The minimum Gasteiger partial charge on any atom is -0.507 e. The van der Waals surface area contributed by atoms with Crippen molar-refractivity contribution in [3.05, 3.63) is 17.7 Å². The van der Waals surface area contributed by atoms with Crippen molar-refractivity contribution in [3.8, 4) is 51.4 Å². The first-order valence-electron chi connectivity index (χ1n) is 11.3. The summed E-state index contributed by atoms with van der Waals surface area (Å²) in [5.41, 5.74) is 1.41. The quantitative estimate of drug-likeness (QED) is 0.106. The molecule has 0 spiro atoms. The molecule has 12 N–H and O–H groups in total. The van der Waals surface area contributed by atoms with Crippen molar-refractivity contribution in [2.45, 2.75) is 51.2 Å². The Labute approximate surface area is 221 Å². The number of carbonyl (C=O) groups is 3. The monoisotopic (exact) mass is 557 g/mol. The van der Waals surface area contributed by atoms with Gasteiger partial charge in [0.15, 0.2) is 17.1 Å². The van der Waals surface area contributed by atoms with Gasteiger partial charge in [0.2, 0.25) is 23.2 Å². The molecule has 0 aliphatic heterocycles. The van der Waals surface area contributed by atoms with Gasteiger partial charge in [0.1, 0.15) is 11.5 Å². The van der Waals surface area contributed by atoms with E-state index in [2.05, 4.69) is 5.73 Å². The molecule has 39 heavy (non-hydrogen) atoms. The molecule has 1 amide bonds. The molecule has 2 atom stereocenters. The fraction of sp³-hybridized carbons (Fsp3) is 0.375. The lowest BCUT2D eigenvalue weighted by atomic mass is 9.92. The van der Waals surface area contributed by atoms with Crippen LogP contribution in [0.2, 0.25) is 0 Å². The van der Waals surface area contributed by atoms with Crippen LogP contribution < -0.4 is 5.73 Å². The number of phenolic OH excluding ortho intramolecular Hbond substituents is 7. The molecule has 0 aliphatic rings. The summed E-state index contributed by atoms with van der Waals surface area (Å²) in [6, 6.07) is 2.20. The molecule has 0 radical (unpaired) electrons. The van der Waals surface area contributed by atoms with E-state index in [1.807, 2.05) is 0 Å². The maximum atomic E-state index is 11.8. The molecule has 0 aromatic heterocycles. The maximum absolute atomic E-state index is 11.8. The van der Waals surface area contributed by atoms with E-state index in [1.54, 1.807) is 0 Å². The van der Waals surface area contributed by atoms with Crippen LogP contribution in [-0.2, 0) is 25.5 Å². The van der Waals surface area contributed by atoms with Gasteiger partial charge in [0, 0.05) is 6.42 Å². The molecule has 0 aliphatic carbocycles. The second kappa shape index (κ2) is 13.3. The Morgan fingerprint density at radius 3 is 1.72 bits per heavy atom. The smallest absolute Gasteiger partial charge is 0.340 e. The summed E-state index contributed by atoms with van der Waals surface area (Å²) in [4.78, 5) is 31.3. The number of carbonyl (C=O) groups excluding carboxylic acids is 2. The van der Waals surface area contributed by atoms with Gasteiger partial charge in [0.25, 0.3) is 0 Å². The zero-order valence-electron chi connectivity index (χ0n) is 21.0. The SMILES string of the molecule is CCOC(=O)C(C)(O)C(O)CCc1cc(O)c(-c2c(O)c(O)c(O)c(O)c2O)c(O)c1.NC(=O)CCC(=O)O. The number of amides is 1. The molecule has 0 saturated heterocycles. The van der Waals surface area contributed by atoms with Crippen LogP contribution in [0.4, 0.5) is 0 Å². The van der Waals surface area contributed by atoms with Crippen molar-refractivity contribution in [2.75, 3.05) is 6.61 Å². The summed E-state index contributed by atoms with van der Waals surface area (Å²) in [6.45, 7) is 2.63. The molecule has 0 heterocycles. The van der Waals surface area contributed by atoms with Gasteiger partial charge in [-0.3, -0.25) is 9.59 Å². The summed E-state index contributed by atoms with van der Waals surface area (Å²) in [5, 5.41) is 97.7. The normalized spacial score (nSPS) is 12.9. The van der Waals surface area contributed by atoms with Crippen molar-refractivity contribution >= 4 is 17.8 Å². The lowest BCUT2D eigenvalue weighted by Gasteiger charge is -2.26. The number of aliphatic hydroxyl groups excluding tert-OH is 1. The highest BCUT2D eigenvalue weighted by Gasteiger charge is 2.39. The molecule has 216 valence electrons. The molecule has 2 rings (SSSR count). The number of aromatic hydroxyl groups is 7. The van der Waals surface area contributed by atoms with Gasteiger partial charge in [0.05, 0.1) is 30.3 Å². The Hall–Kier alpha value is -4.63. The Morgan fingerprint density at radius 2 is 1.33 bits per heavy atom. The molecule has 2 unspecified atom stereocenters. The maximum Gasteiger partial charge on any atom is 0.340 e. The molecule has 2 aromatic rings. The number of aliphatic hydroxyl groups is 2. The first-order chi connectivity index (χ1) is 18.0. The van der Waals surface area contributed by atoms with Gasteiger partial charge in [-0.15, -0.1) is 0 Å². The third-order valence-corrected chi connectivity index (χ3v) is 5.41. The number of benzene rings is 2. The van der Waals surface area contributed by atoms with Crippen LogP contribution in [0.25, 0.3) is 11.1 Å². The molecule has 15 nitrogen and oxygen atoms in total. The minimum atomic E-state index is -2.18. The Bertz CT molecular complexity index is 1160. The average Bonchev–Trinajstić information content (AvgIpc) is 2.85. The van der Waals surface area contributed by atoms with Crippen molar-refractivity contribution in [1.29, 1.82) is 0 Å². The van der Waals surface area contributed by atoms with E-state index in [0.29, 0.717) is 0 Å². The second-order valence-electron chi connectivity index (χ2n) is 8.41. The zero-order chi connectivity index (χ0) is 30.2. The van der Waals surface area contributed by atoms with Crippen LogP contribution >= 0.6 is 0 Å². The lowest BCUT2D eigenvalue weighted by Crippen LogP contribution is -2.48. The highest BCUT2D eigenvalue weighted by molar-refractivity contribution is 5.90. The Kier molecular flexibility index (Phi) is 11.0. The predicted molar refractivity (Wildman–Crippen MR) is 131 cm³/mol. The van der Waals surface area contributed by atoms with E-state index in [1.165, 1.54) is 6.92 Å². The van der Waals surface area contributed by atoms with E-state index in [4.69, 9.17) is 9.84 Å². The van der Waals surface area contributed by atoms with Gasteiger partial charge in [-0.25, -0.2) is 4.79 Å². The number of primary amides is 1. The van der Waals surface area contributed by atoms with Gasteiger partial charge in [-0.1, -0.05) is 0 Å². The van der Waals surface area contributed by atoms with Crippen molar-refractivity contribution in [1.82, 2.24) is 0 Å². The van der Waals surface area contributed by atoms with Crippen LogP contribution in [0.5, 0.6) is 40.2 Å². The number of aliphatic carboxylic acids is 1. The van der Waals surface area contributed by atoms with Crippen molar-refractivity contribution < 1.29 is 70.2 Å². The number of hydrogen-bond donors (Lipinski definition) is 11. The van der Waals surface area contributed by atoms with E-state index in [9.17, 15) is 60.3 Å². The number of nitrogens with two attached hydrogens (primary N) is 1. The summed E-state index contributed by atoms with van der Waals surface area (Å²) in [7, 11) is 0. The predicted octanol–water partition coefficient (Wildman–Crippen LogP) is 0.237. The molecule has 15 heteroatoms. The van der Waals surface area contributed by atoms with E-state index >= 15 is 0 Å². The van der Waals surface area contributed by atoms with Crippen molar-refractivity contribution in [2.24, 2.45) is 5.73 Å². The number of carboxylic acid groups (broad SMARTS) is 1. The average molecular weight is 558 g/mol. The molecule has 0 fully saturated rings. The number of hydrogen-bond acceptors (Lipinski definition) is 13. The molecule has 2 aromatic carbocycles. The van der Waals surface area contributed by atoms with Crippen LogP contribution in [-0.4, -0.2) is 87.2 Å². The standard InChI is InChI=1S/C20H24O11.C4H7NO3/c1-3-31-19(29)20(2,30)11(23)5-4-8-6-9(21)12(10(22)7-8)13-14(24)16(26)18(28)17(27)15(13)25;5-3(6)1-2-4(7)8/h6-7,11,21-28,30H,3-5H2,1-2H3;1-2H2,(H2,5,6)(H,7,8).